The summed E-state index contributed by atoms with van der Waals surface area (Å²) in [5, 5.41) is 12.4. The Labute approximate surface area is 171 Å². The Hall–Kier alpha value is -2.90. The number of benzene rings is 2. The van der Waals surface area contributed by atoms with Crippen molar-refractivity contribution in [3.8, 4) is 23.1 Å². The van der Waals surface area contributed by atoms with Gasteiger partial charge >= 0.3 is 0 Å². The second-order valence-corrected chi connectivity index (χ2v) is 7.37. The number of aromatic nitrogens is 1. The third-order valence-electron chi connectivity index (χ3n) is 4.43. The first-order valence-corrected chi connectivity index (χ1v) is 10.5. The number of nitriles is 1. The largest absolute Gasteiger partial charge is 0.494 e. The Morgan fingerprint density at radius 3 is 2.50 bits per heavy atom. The normalized spacial score (nSPS) is 11.2. The van der Waals surface area contributed by atoms with Gasteiger partial charge in [0, 0.05) is 10.9 Å². The molecule has 3 nitrogen and oxygen atoms in total. The zero-order chi connectivity index (χ0) is 19.8. The third-order valence-corrected chi connectivity index (χ3v) is 5.30. The maximum absolute atomic E-state index is 9.60. The predicted molar refractivity (Wildman–Crippen MR) is 117 cm³/mol. The number of hydrogen-bond donors (Lipinski definition) is 0. The van der Waals surface area contributed by atoms with E-state index in [0.29, 0.717) is 12.2 Å². The van der Waals surface area contributed by atoms with E-state index in [1.54, 1.807) is 0 Å². The van der Waals surface area contributed by atoms with Gasteiger partial charge in [0.05, 0.1) is 17.9 Å². The number of hydrogen-bond acceptors (Lipinski definition) is 4. The summed E-state index contributed by atoms with van der Waals surface area (Å²) in [6.45, 7) is 4.80. The Bertz CT molecular complexity index is 963. The summed E-state index contributed by atoms with van der Waals surface area (Å²) < 4.78 is 5.46. The van der Waals surface area contributed by atoms with E-state index in [1.165, 1.54) is 29.7 Å². The van der Waals surface area contributed by atoms with E-state index in [-0.39, 0.29) is 0 Å². The minimum absolute atomic E-state index is 0.569. The summed E-state index contributed by atoms with van der Waals surface area (Å²) in [5.41, 5.74) is 4.88. The molecule has 2 aromatic carbocycles. The standard InChI is InChI=1S/C24H24N2OS/c1-3-5-6-18-7-11-20(12-8-18)23-17-28-24(26-23)21(16-25)15-19-9-13-22(14-10-19)27-4-2/h7-15,17H,3-6H2,1-2H3/b21-15+. The summed E-state index contributed by atoms with van der Waals surface area (Å²) in [6, 6.07) is 18.6. The molecule has 0 aliphatic carbocycles. The van der Waals surface area contributed by atoms with E-state index >= 15 is 0 Å². The second-order valence-electron chi connectivity index (χ2n) is 6.51. The number of rotatable bonds is 8. The van der Waals surface area contributed by atoms with Crippen LogP contribution in [0.1, 0.15) is 42.8 Å². The van der Waals surface area contributed by atoms with Crippen LogP contribution < -0.4 is 4.74 Å². The molecule has 0 aliphatic heterocycles. The van der Waals surface area contributed by atoms with E-state index in [9.17, 15) is 5.26 Å². The Morgan fingerprint density at radius 1 is 1.11 bits per heavy atom. The minimum Gasteiger partial charge on any atom is -0.494 e. The van der Waals surface area contributed by atoms with Gasteiger partial charge in [0.25, 0.3) is 0 Å². The molecule has 0 fully saturated rings. The Balaban J connectivity index is 1.78. The van der Waals surface area contributed by atoms with Crippen LogP contribution in [0.25, 0.3) is 22.9 Å². The lowest BCUT2D eigenvalue weighted by Crippen LogP contribution is -1.90. The molecule has 0 N–H and O–H groups in total. The van der Waals surface area contributed by atoms with Gasteiger partial charge in [-0.15, -0.1) is 11.3 Å². The fraction of sp³-hybridized carbons (Fsp3) is 0.250. The molecule has 28 heavy (non-hydrogen) atoms. The lowest BCUT2D eigenvalue weighted by molar-refractivity contribution is 0.340. The molecule has 142 valence electrons. The van der Waals surface area contributed by atoms with E-state index in [4.69, 9.17) is 4.74 Å². The molecule has 0 atom stereocenters. The molecule has 0 saturated heterocycles. The van der Waals surface area contributed by atoms with Crippen LogP contribution in [0.3, 0.4) is 0 Å². The van der Waals surface area contributed by atoms with Crippen molar-refractivity contribution in [1.82, 2.24) is 4.98 Å². The highest BCUT2D eigenvalue weighted by Gasteiger charge is 2.09. The van der Waals surface area contributed by atoms with Crippen LogP contribution in [0.15, 0.2) is 53.9 Å². The number of nitrogens with zero attached hydrogens (tertiary/aromatic N) is 2. The van der Waals surface area contributed by atoms with Gasteiger partial charge in [-0.2, -0.15) is 5.26 Å². The number of thiazole rings is 1. The molecule has 0 aliphatic rings. The zero-order valence-electron chi connectivity index (χ0n) is 16.3. The molecule has 0 spiro atoms. The fourth-order valence-corrected chi connectivity index (χ4v) is 3.68. The predicted octanol–water partition coefficient (Wildman–Crippen LogP) is 6.62. The van der Waals surface area contributed by atoms with Gasteiger partial charge in [-0.3, -0.25) is 0 Å². The first-order valence-electron chi connectivity index (χ1n) is 9.63. The Morgan fingerprint density at radius 2 is 1.86 bits per heavy atom. The van der Waals surface area contributed by atoms with Crippen LogP contribution in [0, 0.1) is 11.3 Å². The van der Waals surface area contributed by atoms with E-state index in [0.717, 1.165) is 34.0 Å². The lowest BCUT2D eigenvalue weighted by atomic mass is 10.1. The molecule has 0 saturated carbocycles. The van der Waals surface area contributed by atoms with Crippen molar-refractivity contribution in [2.24, 2.45) is 0 Å². The van der Waals surface area contributed by atoms with Crippen LogP contribution >= 0.6 is 11.3 Å². The summed E-state index contributed by atoms with van der Waals surface area (Å²) in [5.74, 6) is 0.831. The van der Waals surface area contributed by atoms with Crippen molar-refractivity contribution >= 4 is 23.0 Å². The highest BCUT2D eigenvalue weighted by Crippen LogP contribution is 2.28. The first-order chi connectivity index (χ1) is 13.7. The number of ether oxygens (including phenoxy) is 1. The highest BCUT2D eigenvalue weighted by molar-refractivity contribution is 7.11. The monoisotopic (exact) mass is 388 g/mol. The molecule has 0 amide bonds. The minimum atomic E-state index is 0.569. The molecule has 0 bridgehead atoms. The van der Waals surface area contributed by atoms with Gasteiger partial charge in [0.1, 0.15) is 16.8 Å². The third kappa shape index (κ3) is 5.09. The molecular formula is C24H24N2OS. The Kier molecular flexibility index (Phi) is 7.00. The van der Waals surface area contributed by atoms with Crippen molar-refractivity contribution < 1.29 is 4.74 Å². The number of allylic oxidation sites excluding steroid dienone is 1. The van der Waals surface area contributed by atoms with Crippen molar-refractivity contribution in [1.29, 1.82) is 5.26 Å². The molecule has 1 aromatic heterocycles. The van der Waals surface area contributed by atoms with Gasteiger partial charge < -0.3 is 4.74 Å². The van der Waals surface area contributed by atoms with Crippen molar-refractivity contribution in [2.45, 2.75) is 33.1 Å². The topological polar surface area (TPSA) is 45.9 Å². The van der Waals surface area contributed by atoms with Gasteiger partial charge in [-0.05, 0) is 49.1 Å². The van der Waals surface area contributed by atoms with Gasteiger partial charge in [0.2, 0.25) is 0 Å². The van der Waals surface area contributed by atoms with E-state index < -0.39 is 0 Å². The van der Waals surface area contributed by atoms with Crippen molar-refractivity contribution in [3.63, 3.8) is 0 Å². The smallest absolute Gasteiger partial charge is 0.134 e. The van der Waals surface area contributed by atoms with Crippen LogP contribution in [0.2, 0.25) is 0 Å². The summed E-state index contributed by atoms with van der Waals surface area (Å²) >= 11 is 1.50. The molecular weight excluding hydrogens is 364 g/mol. The van der Waals surface area contributed by atoms with Crippen LogP contribution in [0.4, 0.5) is 0 Å². The quantitative estimate of drug-likeness (QED) is 0.408. The van der Waals surface area contributed by atoms with Crippen LogP contribution in [-0.4, -0.2) is 11.6 Å². The average Bonchev–Trinajstić information content (AvgIpc) is 3.22. The maximum Gasteiger partial charge on any atom is 0.134 e. The zero-order valence-corrected chi connectivity index (χ0v) is 17.1. The molecule has 0 unspecified atom stereocenters. The SMILES string of the molecule is CCCCc1ccc(-c2csc(/C(C#N)=C/c3ccc(OCC)cc3)n2)cc1. The molecule has 3 aromatic rings. The van der Waals surface area contributed by atoms with Gasteiger partial charge in [-0.1, -0.05) is 49.7 Å². The average molecular weight is 389 g/mol. The number of aryl methyl sites for hydroxylation is 1. The fourth-order valence-electron chi connectivity index (χ4n) is 2.89. The van der Waals surface area contributed by atoms with Crippen LogP contribution in [-0.2, 0) is 6.42 Å². The molecule has 0 radical (unpaired) electrons. The maximum atomic E-state index is 9.60. The second kappa shape index (κ2) is 9.87. The van der Waals surface area contributed by atoms with Gasteiger partial charge in [0.15, 0.2) is 0 Å². The molecule has 1 heterocycles. The molecule has 4 heteroatoms. The number of unbranched alkanes of at least 4 members (excludes halogenated alkanes) is 1. The molecule has 3 rings (SSSR count). The van der Waals surface area contributed by atoms with Crippen LogP contribution in [0.5, 0.6) is 5.75 Å². The summed E-state index contributed by atoms with van der Waals surface area (Å²) in [7, 11) is 0. The van der Waals surface area contributed by atoms with E-state index in [2.05, 4.69) is 42.2 Å². The van der Waals surface area contributed by atoms with Crippen molar-refractivity contribution in [3.05, 3.63) is 70.0 Å². The first kappa shape index (κ1) is 19.9. The van der Waals surface area contributed by atoms with Crippen molar-refractivity contribution in [2.75, 3.05) is 6.61 Å². The van der Waals surface area contributed by atoms with E-state index in [1.807, 2.05) is 42.6 Å². The summed E-state index contributed by atoms with van der Waals surface area (Å²) in [4.78, 5) is 4.69. The highest BCUT2D eigenvalue weighted by atomic mass is 32.1. The lowest BCUT2D eigenvalue weighted by Gasteiger charge is -2.03. The van der Waals surface area contributed by atoms with Gasteiger partial charge in [-0.25, -0.2) is 4.98 Å². The summed E-state index contributed by atoms with van der Waals surface area (Å²) in [6.07, 6.45) is 5.39.